The van der Waals surface area contributed by atoms with Gasteiger partial charge < -0.3 is 4.74 Å². The Hall–Kier alpha value is -2.13. The van der Waals surface area contributed by atoms with Gasteiger partial charge in [-0.3, -0.25) is 14.9 Å². The van der Waals surface area contributed by atoms with Crippen molar-refractivity contribution in [2.24, 2.45) is 0 Å². The van der Waals surface area contributed by atoms with Gasteiger partial charge in [-0.25, -0.2) is 4.68 Å². The molecule has 1 amide bonds. The molecular weight excluding hydrogens is 354 g/mol. The van der Waals surface area contributed by atoms with Gasteiger partial charge >= 0.3 is 0 Å². The standard InChI is InChI=1S/C17H21N5O3S/c23-14(18-17-20-19-16(26-17)13-7-4-8-25-13)10-22-15(24)9-11-5-2-1-3-6-12(11)21-22/h9,13H,1-8,10H2,(H,18,20,23)/t13-/m1/s1. The molecule has 1 fully saturated rings. The number of hydrogen-bond acceptors (Lipinski definition) is 7. The van der Waals surface area contributed by atoms with Crippen molar-refractivity contribution in [2.45, 2.75) is 57.6 Å². The number of hydrogen-bond donors (Lipinski definition) is 1. The number of nitrogens with zero attached hydrogens (tertiary/aromatic N) is 4. The van der Waals surface area contributed by atoms with Gasteiger partial charge in [0.1, 0.15) is 17.7 Å². The number of ether oxygens (including phenoxy) is 1. The molecule has 9 heteroatoms. The molecule has 1 atom stereocenters. The largest absolute Gasteiger partial charge is 0.371 e. The van der Waals surface area contributed by atoms with Gasteiger partial charge in [0.15, 0.2) is 0 Å². The van der Waals surface area contributed by atoms with Gasteiger partial charge in [0, 0.05) is 12.7 Å². The Morgan fingerprint density at radius 2 is 2.15 bits per heavy atom. The molecular formula is C17H21N5O3S. The molecule has 0 aromatic carbocycles. The van der Waals surface area contributed by atoms with Gasteiger partial charge in [0.2, 0.25) is 11.0 Å². The fourth-order valence-electron chi connectivity index (χ4n) is 3.37. The first-order valence-corrected chi connectivity index (χ1v) is 9.85. The van der Waals surface area contributed by atoms with Crippen molar-refractivity contribution >= 4 is 22.4 Å². The average Bonchev–Trinajstić information content (AvgIpc) is 3.25. The zero-order chi connectivity index (χ0) is 17.9. The quantitative estimate of drug-likeness (QED) is 0.819. The zero-order valence-electron chi connectivity index (χ0n) is 14.4. The number of aromatic nitrogens is 4. The molecule has 26 heavy (non-hydrogen) atoms. The van der Waals surface area contributed by atoms with E-state index >= 15 is 0 Å². The van der Waals surface area contributed by atoms with Crippen molar-refractivity contribution in [1.82, 2.24) is 20.0 Å². The molecule has 1 aliphatic heterocycles. The minimum atomic E-state index is -0.330. The van der Waals surface area contributed by atoms with Crippen molar-refractivity contribution in [2.75, 3.05) is 11.9 Å². The Kier molecular flexibility index (Phi) is 5.07. The molecule has 1 aliphatic carbocycles. The number of anilines is 1. The van der Waals surface area contributed by atoms with Gasteiger partial charge in [-0.15, -0.1) is 10.2 Å². The molecule has 2 aliphatic rings. The summed E-state index contributed by atoms with van der Waals surface area (Å²) < 4.78 is 6.81. The Morgan fingerprint density at radius 3 is 3.00 bits per heavy atom. The Balaban J connectivity index is 1.43. The molecule has 3 heterocycles. The summed E-state index contributed by atoms with van der Waals surface area (Å²) in [7, 11) is 0. The first-order chi connectivity index (χ1) is 12.7. The number of rotatable bonds is 4. The van der Waals surface area contributed by atoms with Crippen molar-refractivity contribution in [1.29, 1.82) is 0 Å². The Morgan fingerprint density at radius 1 is 1.27 bits per heavy atom. The molecule has 138 valence electrons. The van der Waals surface area contributed by atoms with Crippen LogP contribution in [0.25, 0.3) is 0 Å². The minimum absolute atomic E-state index is 0.0213. The molecule has 0 unspecified atom stereocenters. The van der Waals surface area contributed by atoms with Crippen molar-refractivity contribution < 1.29 is 9.53 Å². The van der Waals surface area contributed by atoms with Gasteiger partial charge in [-0.2, -0.15) is 5.10 Å². The lowest BCUT2D eigenvalue weighted by molar-refractivity contribution is -0.117. The molecule has 0 bridgehead atoms. The number of fused-ring (bicyclic) bond motifs is 1. The smallest absolute Gasteiger partial charge is 0.267 e. The molecule has 0 radical (unpaired) electrons. The monoisotopic (exact) mass is 375 g/mol. The van der Waals surface area contributed by atoms with Gasteiger partial charge in [0.05, 0.1) is 5.69 Å². The van der Waals surface area contributed by atoms with Crippen LogP contribution in [0.5, 0.6) is 0 Å². The molecule has 8 nitrogen and oxygen atoms in total. The first kappa shape index (κ1) is 17.3. The molecule has 4 rings (SSSR count). The van der Waals surface area contributed by atoms with Crippen LogP contribution in [0.3, 0.4) is 0 Å². The highest BCUT2D eigenvalue weighted by Gasteiger charge is 2.22. The lowest BCUT2D eigenvalue weighted by atomic mass is 10.1. The van der Waals surface area contributed by atoms with Crippen LogP contribution < -0.4 is 10.9 Å². The zero-order valence-corrected chi connectivity index (χ0v) is 15.3. The SMILES string of the molecule is O=C(Cn1nc2c(cc1=O)CCCCC2)Nc1nnc([C@H]2CCCO2)s1. The highest BCUT2D eigenvalue weighted by atomic mass is 32.1. The van der Waals surface area contributed by atoms with Crippen LogP contribution in [0, 0.1) is 0 Å². The second-order valence-electron chi connectivity index (χ2n) is 6.67. The third-order valence-corrected chi connectivity index (χ3v) is 5.64. The maximum Gasteiger partial charge on any atom is 0.267 e. The molecule has 1 saturated heterocycles. The summed E-state index contributed by atoms with van der Waals surface area (Å²) in [6, 6.07) is 1.63. The molecule has 1 N–H and O–H groups in total. The molecule has 2 aromatic rings. The van der Waals surface area contributed by atoms with Crippen LogP contribution in [0.4, 0.5) is 5.13 Å². The number of carbonyl (C=O) groups excluding carboxylic acids is 1. The van der Waals surface area contributed by atoms with Crippen molar-refractivity contribution in [3.8, 4) is 0 Å². The highest BCUT2D eigenvalue weighted by Crippen LogP contribution is 2.31. The number of carbonyl (C=O) groups is 1. The summed E-state index contributed by atoms with van der Waals surface area (Å²) in [5, 5.41) is 16.4. The Bertz CT molecular complexity index is 856. The molecule has 0 saturated carbocycles. The van der Waals surface area contributed by atoms with Crippen LogP contribution in [0.15, 0.2) is 10.9 Å². The lowest BCUT2D eigenvalue weighted by Crippen LogP contribution is -2.30. The second kappa shape index (κ2) is 7.63. The number of nitrogens with one attached hydrogen (secondary N) is 1. The van der Waals surface area contributed by atoms with E-state index in [9.17, 15) is 9.59 Å². The van der Waals surface area contributed by atoms with E-state index in [1.165, 1.54) is 16.0 Å². The summed E-state index contributed by atoms with van der Waals surface area (Å²) in [4.78, 5) is 24.5. The van der Waals surface area contributed by atoms with E-state index < -0.39 is 0 Å². The maximum absolute atomic E-state index is 12.3. The predicted molar refractivity (Wildman–Crippen MR) is 96.2 cm³/mol. The maximum atomic E-state index is 12.3. The van der Waals surface area contributed by atoms with Crippen LogP contribution in [0.1, 0.15) is 54.5 Å². The summed E-state index contributed by atoms with van der Waals surface area (Å²) >= 11 is 1.31. The van der Waals surface area contributed by atoms with E-state index in [1.807, 2.05) is 0 Å². The predicted octanol–water partition coefficient (Wildman–Crippen LogP) is 1.85. The fourth-order valence-corrected chi connectivity index (χ4v) is 4.22. The van der Waals surface area contributed by atoms with Gasteiger partial charge in [-0.1, -0.05) is 17.8 Å². The second-order valence-corrected chi connectivity index (χ2v) is 7.68. The Labute approximate surface area is 154 Å². The van der Waals surface area contributed by atoms with Crippen LogP contribution in [-0.2, 0) is 28.9 Å². The summed E-state index contributed by atoms with van der Waals surface area (Å²) in [6.45, 7) is 0.611. The normalized spacial score (nSPS) is 19.8. The number of amides is 1. The fraction of sp³-hybridized carbons (Fsp3) is 0.588. The average molecular weight is 375 g/mol. The summed E-state index contributed by atoms with van der Waals surface area (Å²) in [5.41, 5.74) is 1.72. The van der Waals surface area contributed by atoms with Crippen LogP contribution >= 0.6 is 11.3 Å². The first-order valence-electron chi connectivity index (χ1n) is 9.04. The van der Waals surface area contributed by atoms with E-state index in [0.29, 0.717) is 5.13 Å². The van der Waals surface area contributed by atoms with Crippen molar-refractivity contribution in [3.63, 3.8) is 0 Å². The van der Waals surface area contributed by atoms with E-state index in [2.05, 4.69) is 20.6 Å². The number of aryl methyl sites for hydroxylation is 2. The summed E-state index contributed by atoms with van der Waals surface area (Å²) in [5.74, 6) is -0.330. The third kappa shape index (κ3) is 3.83. The molecule has 0 spiro atoms. The van der Waals surface area contributed by atoms with E-state index in [4.69, 9.17) is 4.74 Å². The third-order valence-electron chi connectivity index (χ3n) is 4.71. The topological polar surface area (TPSA) is 99.0 Å². The minimum Gasteiger partial charge on any atom is -0.371 e. The van der Waals surface area contributed by atoms with E-state index in [0.717, 1.165) is 67.8 Å². The van der Waals surface area contributed by atoms with Crippen molar-refractivity contribution in [3.05, 3.63) is 32.7 Å². The molecule has 2 aromatic heterocycles. The highest BCUT2D eigenvalue weighted by molar-refractivity contribution is 7.15. The van der Waals surface area contributed by atoms with Gasteiger partial charge in [0.25, 0.3) is 5.56 Å². The van der Waals surface area contributed by atoms with E-state index in [1.54, 1.807) is 6.07 Å². The van der Waals surface area contributed by atoms with E-state index in [-0.39, 0.29) is 24.1 Å². The summed E-state index contributed by atoms with van der Waals surface area (Å²) in [6.07, 6.45) is 6.97. The van der Waals surface area contributed by atoms with Crippen LogP contribution in [0.2, 0.25) is 0 Å². The van der Waals surface area contributed by atoms with Gasteiger partial charge in [-0.05, 0) is 44.1 Å². The lowest BCUT2D eigenvalue weighted by Gasteiger charge is -2.09. The van der Waals surface area contributed by atoms with Crippen LogP contribution in [-0.4, -0.2) is 32.5 Å².